The lowest BCUT2D eigenvalue weighted by Gasteiger charge is -2.03. The number of hydrogen-bond donors (Lipinski definition) is 0. The van der Waals surface area contributed by atoms with Crippen molar-refractivity contribution in [2.75, 3.05) is 0 Å². The molecule has 1 heterocycles. The van der Waals surface area contributed by atoms with E-state index in [-0.39, 0.29) is 7.21 Å². The van der Waals surface area contributed by atoms with Crippen molar-refractivity contribution in [1.29, 1.82) is 0 Å². The summed E-state index contributed by atoms with van der Waals surface area (Å²) in [6, 6.07) is 7.86. The van der Waals surface area contributed by atoms with E-state index in [4.69, 9.17) is 0 Å². The van der Waals surface area contributed by atoms with Gasteiger partial charge in [0, 0.05) is 25.9 Å². The van der Waals surface area contributed by atoms with Crippen LogP contribution in [0.25, 0.3) is 0 Å². The Bertz CT molecular complexity index is 477. The van der Waals surface area contributed by atoms with Crippen LogP contribution in [0.4, 0.5) is 0 Å². The Balaban J connectivity index is 0.00000162. The minimum Gasteiger partial charge on any atom is -0.337 e. The SMILES string of the molecule is CC(=O)c1ccc(CCCn2ccnc2)cc1.[HH]. The molecule has 0 unspecified atom stereocenters. The summed E-state index contributed by atoms with van der Waals surface area (Å²) < 4.78 is 2.07. The van der Waals surface area contributed by atoms with Gasteiger partial charge < -0.3 is 4.57 Å². The average Bonchev–Trinajstić information content (AvgIpc) is 2.83. The highest BCUT2D eigenvalue weighted by molar-refractivity contribution is 5.93. The van der Waals surface area contributed by atoms with Gasteiger partial charge in [0.05, 0.1) is 6.33 Å². The van der Waals surface area contributed by atoms with Gasteiger partial charge in [0.15, 0.2) is 5.78 Å². The van der Waals surface area contributed by atoms with Crippen LogP contribution in [-0.4, -0.2) is 15.3 Å². The van der Waals surface area contributed by atoms with Crippen molar-refractivity contribution >= 4 is 5.78 Å². The predicted octanol–water partition coefficient (Wildman–Crippen LogP) is 2.96. The van der Waals surface area contributed by atoms with Crippen LogP contribution >= 0.6 is 0 Å². The highest BCUT2D eigenvalue weighted by atomic mass is 16.1. The first-order valence-electron chi connectivity index (χ1n) is 5.81. The van der Waals surface area contributed by atoms with Crippen molar-refractivity contribution in [2.24, 2.45) is 0 Å². The molecule has 0 amide bonds. The van der Waals surface area contributed by atoms with Crippen LogP contribution in [0.2, 0.25) is 0 Å². The molecule has 0 saturated carbocycles. The molecule has 3 heteroatoms. The summed E-state index contributed by atoms with van der Waals surface area (Å²) in [4.78, 5) is 15.1. The second-order valence-electron chi connectivity index (χ2n) is 4.16. The van der Waals surface area contributed by atoms with Crippen molar-refractivity contribution in [3.8, 4) is 0 Å². The Kier molecular flexibility index (Phi) is 3.70. The maximum atomic E-state index is 11.1. The van der Waals surface area contributed by atoms with Crippen molar-refractivity contribution in [3.05, 3.63) is 54.1 Å². The van der Waals surface area contributed by atoms with Gasteiger partial charge in [0.2, 0.25) is 0 Å². The second kappa shape index (κ2) is 5.43. The number of benzene rings is 1. The standard InChI is InChI=1S/C14H16N2O.H2/c1-12(17)14-6-4-13(5-7-14)3-2-9-16-10-8-15-11-16;/h4-8,10-11H,2-3,9H2,1H3;1H. The first-order chi connectivity index (χ1) is 8.25. The monoisotopic (exact) mass is 230 g/mol. The summed E-state index contributed by atoms with van der Waals surface area (Å²) >= 11 is 0. The van der Waals surface area contributed by atoms with Crippen molar-refractivity contribution in [1.82, 2.24) is 9.55 Å². The third-order valence-electron chi connectivity index (χ3n) is 2.80. The van der Waals surface area contributed by atoms with E-state index in [1.54, 1.807) is 13.1 Å². The molecule has 0 saturated heterocycles. The van der Waals surface area contributed by atoms with E-state index >= 15 is 0 Å². The average molecular weight is 230 g/mol. The van der Waals surface area contributed by atoms with Crippen LogP contribution in [0.15, 0.2) is 43.0 Å². The molecule has 0 N–H and O–H groups in total. The summed E-state index contributed by atoms with van der Waals surface area (Å²) in [6.07, 6.45) is 7.70. The molecule has 1 aromatic heterocycles. The molecule has 3 nitrogen and oxygen atoms in total. The van der Waals surface area contributed by atoms with Gasteiger partial charge in [-0.25, -0.2) is 4.98 Å². The minimum absolute atomic E-state index is 0. The zero-order valence-corrected chi connectivity index (χ0v) is 9.97. The highest BCUT2D eigenvalue weighted by Crippen LogP contribution is 2.08. The van der Waals surface area contributed by atoms with Gasteiger partial charge in [-0.15, -0.1) is 0 Å². The van der Waals surface area contributed by atoms with Crippen molar-refractivity contribution < 1.29 is 6.22 Å². The predicted molar refractivity (Wildman–Crippen MR) is 69.1 cm³/mol. The molecule has 2 rings (SSSR count). The zero-order valence-electron chi connectivity index (χ0n) is 9.97. The van der Waals surface area contributed by atoms with Gasteiger partial charge in [0.1, 0.15) is 0 Å². The number of imidazole rings is 1. The largest absolute Gasteiger partial charge is 0.337 e. The topological polar surface area (TPSA) is 34.9 Å². The molecule has 0 radical (unpaired) electrons. The van der Waals surface area contributed by atoms with Crippen molar-refractivity contribution in [2.45, 2.75) is 26.3 Å². The fourth-order valence-electron chi connectivity index (χ4n) is 1.79. The number of nitrogens with zero attached hydrogens (tertiary/aromatic N) is 2. The molecule has 1 aromatic carbocycles. The van der Waals surface area contributed by atoms with Crippen LogP contribution in [0.1, 0.15) is 30.7 Å². The van der Waals surface area contributed by atoms with Gasteiger partial charge in [-0.1, -0.05) is 24.3 Å². The first-order valence-corrected chi connectivity index (χ1v) is 5.81. The third kappa shape index (κ3) is 3.28. The number of hydrogen-bond acceptors (Lipinski definition) is 2. The number of carbonyl (C=O) groups is 1. The molecule has 0 aliphatic heterocycles. The lowest BCUT2D eigenvalue weighted by Crippen LogP contribution is -1.97. The molecule has 0 aliphatic carbocycles. The molecule has 0 spiro atoms. The van der Waals surface area contributed by atoms with E-state index < -0.39 is 0 Å². The lowest BCUT2D eigenvalue weighted by molar-refractivity contribution is 0.101. The van der Waals surface area contributed by atoms with E-state index in [0.717, 1.165) is 24.9 Å². The molecule has 0 bridgehead atoms. The van der Waals surface area contributed by atoms with Crippen LogP contribution in [0.5, 0.6) is 0 Å². The van der Waals surface area contributed by atoms with Crippen LogP contribution < -0.4 is 0 Å². The molecular formula is C14H18N2O. The fraction of sp³-hybridized carbons (Fsp3) is 0.286. The number of ketones is 1. The number of aryl methyl sites for hydroxylation is 2. The molecule has 0 atom stereocenters. The van der Waals surface area contributed by atoms with Gasteiger partial charge in [-0.3, -0.25) is 4.79 Å². The molecule has 0 fully saturated rings. The maximum Gasteiger partial charge on any atom is 0.159 e. The van der Waals surface area contributed by atoms with Crippen LogP contribution in [0, 0.1) is 0 Å². The third-order valence-corrected chi connectivity index (χ3v) is 2.80. The number of aromatic nitrogens is 2. The van der Waals surface area contributed by atoms with E-state index in [9.17, 15) is 4.79 Å². The highest BCUT2D eigenvalue weighted by Gasteiger charge is 1.99. The summed E-state index contributed by atoms with van der Waals surface area (Å²) in [5.41, 5.74) is 2.05. The van der Waals surface area contributed by atoms with Gasteiger partial charge >= 0.3 is 0 Å². The zero-order chi connectivity index (χ0) is 12.1. The van der Waals surface area contributed by atoms with E-state index in [1.165, 1.54) is 5.56 Å². The Labute approximate surface area is 103 Å². The number of carbonyl (C=O) groups excluding carboxylic acids is 1. The molecular weight excluding hydrogens is 212 g/mol. The Morgan fingerprint density at radius 3 is 2.71 bits per heavy atom. The van der Waals surface area contributed by atoms with Gasteiger partial charge in [0.25, 0.3) is 0 Å². The number of rotatable bonds is 5. The normalized spacial score (nSPS) is 10.4. The smallest absolute Gasteiger partial charge is 0.159 e. The second-order valence-corrected chi connectivity index (χ2v) is 4.16. The van der Waals surface area contributed by atoms with E-state index in [2.05, 4.69) is 9.55 Å². The Morgan fingerprint density at radius 2 is 2.12 bits per heavy atom. The molecule has 2 aromatic rings. The summed E-state index contributed by atoms with van der Waals surface area (Å²) in [5, 5.41) is 0. The fourth-order valence-corrected chi connectivity index (χ4v) is 1.79. The van der Waals surface area contributed by atoms with E-state index in [0.29, 0.717) is 0 Å². The first kappa shape index (κ1) is 11.6. The molecule has 17 heavy (non-hydrogen) atoms. The number of Topliss-reactive ketones (excluding diaryl/α,β-unsaturated/α-hetero) is 1. The van der Waals surface area contributed by atoms with Crippen LogP contribution in [0.3, 0.4) is 0 Å². The van der Waals surface area contributed by atoms with Gasteiger partial charge in [-0.05, 0) is 25.3 Å². The summed E-state index contributed by atoms with van der Waals surface area (Å²) in [6.45, 7) is 2.57. The quantitative estimate of drug-likeness (QED) is 0.740. The maximum absolute atomic E-state index is 11.1. The van der Waals surface area contributed by atoms with Crippen LogP contribution in [-0.2, 0) is 13.0 Å². The Hall–Kier alpha value is -1.90. The summed E-state index contributed by atoms with van der Waals surface area (Å²) in [5.74, 6) is 0.120. The van der Waals surface area contributed by atoms with E-state index in [1.807, 2.05) is 36.8 Å². The Morgan fingerprint density at radius 1 is 1.35 bits per heavy atom. The molecule has 90 valence electrons. The summed E-state index contributed by atoms with van der Waals surface area (Å²) in [7, 11) is 0. The minimum atomic E-state index is 0. The lowest BCUT2D eigenvalue weighted by atomic mass is 10.1. The van der Waals surface area contributed by atoms with Crippen molar-refractivity contribution in [3.63, 3.8) is 0 Å². The molecule has 0 aliphatic rings. The van der Waals surface area contributed by atoms with Gasteiger partial charge in [-0.2, -0.15) is 0 Å².